The highest BCUT2D eigenvalue weighted by atomic mass is 35.5. The summed E-state index contributed by atoms with van der Waals surface area (Å²) in [6, 6.07) is 14.4. The molecule has 33 heavy (non-hydrogen) atoms. The zero-order chi connectivity index (χ0) is 24.0. The Labute approximate surface area is 199 Å². The maximum Gasteiger partial charge on any atom is 0.247 e. The fraction of sp³-hybridized carbons (Fsp3) is 0.320. The van der Waals surface area contributed by atoms with Crippen molar-refractivity contribution in [2.24, 2.45) is 0 Å². The van der Waals surface area contributed by atoms with Gasteiger partial charge in [0.1, 0.15) is 0 Å². The van der Waals surface area contributed by atoms with Crippen LogP contribution in [0.4, 0.5) is 5.69 Å². The maximum atomic E-state index is 11.8. The summed E-state index contributed by atoms with van der Waals surface area (Å²) in [5.41, 5.74) is 5.91. The maximum absolute atomic E-state index is 11.8. The molecule has 2 aromatic carbocycles. The lowest BCUT2D eigenvalue weighted by Gasteiger charge is -2.31. The molecule has 0 saturated carbocycles. The Bertz CT molecular complexity index is 1380. The van der Waals surface area contributed by atoms with Gasteiger partial charge in [-0.3, -0.25) is 0 Å². The largest absolute Gasteiger partial charge is 0.365 e. The number of aromatic nitrogens is 2. The minimum absolute atomic E-state index is 0.131. The number of hydrogen-bond donors (Lipinski definition) is 0. The highest BCUT2D eigenvalue weighted by molar-refractivity contribution is 7.90. The minimum Gasteiger partial charge on any atom is -0.365 e. The van der Waals surface area contributed by atoms with E-state index in [-0.39, 0.29) is 10.6 Å². The van der Waals surface area contributed by atoms with Gasteiger partial charge in [0.25, 0.3) is 0 Å². The van der Waals surface area contributed by atoms with Gasteiger partial charge < -0.3 is 4.90 Å². The van der Waals surface area contributed by atoms with Crippen molar-refractivity contribution in [2.75, 3.05) is 17.7 Å². The lowest BCUT2D eigenvalue weighted by Crippen LogP contribution is -2.31. The van der Waals surface area contributed by atoms with Gasteiger partial charge in [-0.1, -0.05) is 37.6 Å². The Morgan fingerprint density at radius 3 is 2.48 bits per heavy atom. The number of fused-ring (bicyclic) bond motifs is 1. The lowest BCUT2D eigenvalue weighted by molar-refractivity contribution is 0.588. The summed E-state index contributed by atoms with van der Waals surface area (Å²) < 4.78 is 23.7. The van der Waals surface area contributed by atoms with Crippen molar-refractivity contribution < 1.29 is 8.42 Å². The molecular formula is C25H25ClN4O2S. The first-order valence-corrected chi connectivity index (χ1v) is 12.9. The van der Waals surface area contributed by atoms with E-state index in [1.165, 1.54) is 0 Å². The molecule has 0 fully saturated rings. The molecule has 0 aliphatic carbocycles. The molecule has 4 rings (SSSR count). The average molecular weight is 481 g/mol. The average Bonchev–Trinajstić information content (AvgIpc) is 2.79. The van der Waals surface area contributed by atoms with E-state index in [0.717, 1.165) is 52.9 Å². The lowest BCUT2D eigenvalue weighted by atomic mass is 9.77. The second-order valence-electron chi connectivity index (χ2n) is 8.98. The molecule has 2 heterocycles. The van der Waals surface area contributed by atoms with Crippen LogP contribution in [0.1, 0.15) is 47.4 Å². The van der Waals surface area contributed by atoms with Gasteiger partial charge in [-0.15, -0.1) is 0 Å². The summed E-state index contributed by atoms with van der Waals surface area (Å²) in [6.07, 6.45) is 3.51. The Morgan fingerprint density at radius 1 is 1.15 bits per heavy atom. The van der Waals surface area contributed by atoms with Crippen LogP contribution in [0.25, 0.3) is 0 Å². The van der Waals surface area contributed by atoms with Gasteiger partial charge in [0, 0.05) is 35.1 Å². The van der Waals surface area contributed by atoms with Crippen molar-refractivity contribution in [2.45, 2.75) is 44.3 Å². The number of anilines is 1. The Kier molecular flexibility index (Phi) is 5.94. The van der Waals surface area contributed by atoms with E-state index in [9.17, 15) is 13.7 Å². The van der Waals surface area contributed by atoms with E-state index in [4.69, 9.17) is 11.6 Å². The number of rotatable bonds is 4. The van der Waals surface area contributed by atoms with Crippen LogP contribution in [0.3, 0.4) is 0 Å². The third-order valence-corrected chi connectivity index (χ3v) is 7.65. The van der Waals surface area contributed by atoms with Crippen LogP contribution in [0, 0.1) is 18.3 Å². The van der Waals surface area contributed by atoms with Gasteiger partial charge in [0.15, 0.2) is 0 Å². The van der Waals surface area contributed by atoms with Crippen LogP contribution < -0.4 is 4.90 Å². The highest BCUT2D eigenvalue weighted by Gasteiger charge is 2.26. The molecule has 1 aliphatic rings. The summed E-state index contributed by atoms with van der Waals surface area (Å²) in [4.78, 5) is 10.5. The van der Waals surface area contributed by atoms with Crippen molar-refractivity contribution >= 4 is 27.1 Å². The molecule has 0 saturated heterocycles. The second kappa shape index (κ2) is 8.44. The van der Waals surface area contributed by atoms with Crippen LogP contribution >= 0.6 is 11.6 Å². The number of benzene rings is 2. The summed E-state index contributed by atoms with van der Waals surface area (Å²) in [6.45, 7) is 7.42. The summed E-state index contributed by atoms with van der Waals surface area (Å²) >= 11 is 6.39. The standard InChI is InChI=1S/C25H25ClN4O2S/c1-16-18(13-27)11-20(12-22(16)26)25(2,3)19-5-7-21(8-6-19)30-10-9-17-14-28-24(33(4,31)32)29-23(17)15-30/h5-8,11-12,14H,9-10,15H2,1-4H3. The zero-order valence-corrected chi connectivity index (χ0v) is 20.6. The van der Waals surface area contributed by atoms with Crippen molar-refractivity contribution in [3.05, 3.63) is 81.1 Å². The normalized spacial score (nSPS) is 14.0. The van der Waals surface area contributed by atoms with E-state index in [2.05, 4.69) is 59.1 Å². The SMILES string of the molecule is Cc1c(Cl)cc(C(C)(C)c2ccc(N3CCc4cnc(S(C)(=O)=O)nc4C3)cc2)cc1C#N. The van der Waals surface area contributed by atoms with Crippen molar-refractivity contribution in [1.82, 2.24) is 9.97 Å². The molecule has 0 bridgehead atoms. The Hall–Kier alpha value is -2.95. The van der Waals surface area contributed by atoms with Crippen LogP contribution in [-0.2, 0) is 28.2 Å². The molecule has 0 radical (unpaired) electrons. The van der Waals surface area contributed by atoms with Gasteiger partial charge in [-0.2, -0.15) is 5.26 Å². The quantitative estimate of drug-likeness (QED) is 0.507. The van der Waals surface area contributed by atoms with Crippen LogP contribution in [0.2, 0.25) is 5.02 Å². The zero-order valence-electron chi connectivity index (χ0n) is 19.1. The van der Waals surface area contributed by atoms with Crippen LogP contribution in [0.5, 0.6) is 0 Å². The number of nitriles is 1. The third kappa shape index (κ3) is 4.46. The fourth-order valence-electron chi connectivity index (χ4n) is 4.10. The van der Waals surface area contributed by atoms with Gasteiger partial charge in [-0.05, 0) is 59.9 Å². The molecule has 1 aliphatic heterocycles. The third-order valence-electron chi connectivity index (χ3n) is 6.40. The van der Waals surface area contributed by atoms with Gasteiger partial charge in [-0.25, -0.2) is 18.4 Å². The molecule has 0 atom stereocenters. The molecule has 6 nitrogen and oxygen atoms in total. The van der Waals surface area contributed by atoms with E-state index >= 15 is 0 Å². The molecule has 0 amide bonds. The summed E-state index contributed by atoms with van der Waals surface area (Å²) in [5, 5.41) is 9.92. The first kappa shape index (κ1) is 23.2. The van der Waals surface area contributed by atoms with Crippen LogP contribution in [-0.4, -0.2) is 31.2 Å². The van der Waals surface area contributed by atoms with Gasteiger partial charge >= 0.3 is 0 Å². The predicted octanol–water partition coefficient (Wildman–Crippen LogP) is 4.60. The second-order valence-corrected chi connectivity index (χ2v) is 11.3. The number of sulfone groups is 1. The van der Waals surface area contributed by atoms with Crippen LogP contribution in [0.15, 0.2) is 47.8 Å². The minimum atomic E-state index is -3.45. The Balaban J connectivity index is 1.61. The highest BCUT2D eigenvalue weighted by Crippen LogP contribution is 2.36. The summed E-state index contributed by atoms with van der Waals surface area (Å²) in [5.74, 6) is 0. The number of halogens is 1. The molecular weight excluding hydrogens is 456 g/mol. The van der Waals surface area contributed by atoms with Gasteiger partial charge in [0.05, 0.1) is 23.9 Å². The van der Waals surface area contributed by atoms with E-state index in [0.29, 0.717) is 17.1 Å². The predicted molar refractivity (Wildman–Crippen MR) is 129 cm³/mol. The molecule has 170 valence electrons. The van der Waals surface area contributed by atoms with E-state index in [1.54, 1.807) is 6.20 Å². The Morgan fingerprint density at radius 2 is 1.85 bits per heavy atom. The van der Waals surface area contributed by atoms with Crippen molar-refractivity contribution in [1.29, 1.82) is 5.26 Å². The topological polar surface area (TPSA) is 87.0 Å². The van der Waals surface area contributed by atoms with E-state index in [1.807, 2.05) is 19.1 Å². The molecule has 1 aromatic heterocycles. The van der Waals surface area contributed by atoms with Gasteiger partial charge in [0.2, 0.25) is 15.0 Å². The molecule has 0 unspecified atom stereocenters. The number of hydrogen-bond acceptors (Lipinski definition) is 6. The first-order valence-electron chi connectivity index (χ1n) is 10.6. The fourth-order valence-corrected chi connectivity index (χ4v) is 4.83. The monoisotopic (exact) mass is 480 g/mol. The molecule has 3 aromatic rings. The van der Waals surface area contributed by atoms with Crippen molar-refractivity contribution in [3.63, 3.8) is 0 Å². The smallest absolute Gasteiger partial charge is 0.247 e. The summed E-state index contributed by atoms with van der Waals surface area (Å²) in [7, 11) is -3.45. The van der Waals surface area contributed by atoms with E-state index < -0.39 is 9.84 Å². The number of nitrogens with zero attached hydrogens (tertiary/aromatic N) is 4. The first-order chi connectivity index (χ1) is 15.5. The molecule has 0 N–H and O–H groups in total. The van der Waals surface area contributed by atoms with Crippen molar-refractivity contribution in [3.8, 4) is 6.07 Å². The molecule has 8 heteroatoms. The molecule has 0 spiro atoms.